The Morgan fingerprint density at radius 3 is 2.58 bits per heavy atom. The van der Waals surface area contributed by atoms with Crippen molar-refractivity contribution in [3.8, 4) is 0 Å². The number of ether oxygens (including phenoxy) is 2. The average molecular weight is 560 g/mol. The van der Waals surface area contributed by atoms with Crippen LogP contribution in [0.3, 0.4) is 0 Å². The van der Waals surface area contributed by atoms with Gasteiger partial charge in [-0.25, -0.2) is 0 Å². The van der Waals surface area contributed by atoms with Gasteiger partial charge in [-0.2, -0.15) is 0 Å². The Kier molecular flexibility index (Phi) is 9.40. The topological polar surface area (TPSA) is 125 Å². The molecule has 1 spiro atoms. The van der Waals surface area contributed by atoms with Gasteiger partial charge < -0.3 is 29.7 Å². The number of hydrogen-bond donors (Lipinski definition) is 2. The molecular formula is C30H45N3O7. The van der Waals surface area contributed by atoms with Gasteiger partial charge in [-0.1, -0.05) is 51.5 Å². The van der Waals surface area contributed by atoms with Gasteiger partial charge in [-0.05, 0) is 39.0 Å². The third-order valence-corrected chi connectivity index (χ3v) is 8.59. The van der Waals surface area contributed by atoms with E-state index in [1.54, 1.807) is 30.1 Å². The van der Waals surface area contributed by atoms with Gasteiger partial charge in [-0.15, -0.1) is 0 Å². The Morgan fingerprint density at radius 2 is 1.90 bits per heavy atom. The maximum Gasteiger partial charge on any atom is 0.313 e. The summed E-state index contributed by atoms with van der Waals surface area (Å²) in [6.45, 7) is 9.99. The van der Waals surface area contributed by atoms with Crippen molar-refractivity contribution in [2.45, 2.75) is 103 Å². The predicted octanol–water partition coefficient (Wildman–Crippen LogP) is 1.96. The highest BCUT2D eigenvalue weighted by molar-refractivity contribution is 5.99. The van der Waals surface area contributed by atoms with Crippen molar-refractivity contribution >= 4 is 23.7 Å². The molecule has 40 heavy (non-hydrogen) atoms. The number of nitrogens with zero attached hydrogens (tertiary/aromatic N) is 2. The van der Waals surface area contributed by atoms with Gasteiger partial charge in [0, 0.05) is 19.0 Å². The van der Waals surface area contributed by atoms with E-state index in [1.807, 2.05) is 26.8 Å². The minimum absolute atomic E-state index is 0.0590. The van der Waals surface area contributed by atoms with Crippen molar-refractivity contribution in [1.82, 2.24) is 15.1 Å². The molecule has 10 heteroatoms. The third kappa shape index (κ3) is 5.57. The number of nitrogens with one attached hydrogen (secondary N) is 1. The fourth-order valence-electron chi connectivity index (χ4n) is 6.80. The first kappa shape index (κ1) is 30.2. The molecule has 2 saturated heterocycles. The molecule has 1 unspecified atom stereocenters. The lowest BCUT2D eigenvalue weighted by atomic mass is 9.77. The van der Waals surface area contributed by atoms with Gasteiger partial charge in [0.25, 0.3) is 0 Å². The Labute approximate surface area is 237 Å². The summed E-state index contributed by atoms with van der Waals surface area (Å²) in [5.74, 6) is -3.17. The van der Waals surface area contributed by atoms with E-state index in [9.17, 15) is 24.3 Å². The van der Waals surface area contributed by atoms with Crippen LogP contribution in [0.4, 0.5) is 0 Å². The molecule has 0 saturated carbocycles. The molecule has 222 valence electrons. The fraction of sp³-hybridized carbons (Fsp3) is 0.733. The van der Waals surface area contributed by atoms with E-state index in [-0.39, 0.29) is 49.3 Å². The molecule has 0 aromatic rings. The van der Waals surface area contributed by atoms with E-state index in [4.69, 9.17) is 9.47 Å². The zero-order valence-corrected chi connectivity index (χ0v) is 24.4. The Hall–Kier alpha value is -2.72. The highest BCUT2D eigenvalue weighted by Crippen LogP contribution is 2.54. The van der Waals surface area contributed by atoms with Crippen LogP contribution in [0.5, 0.6) is 0 Å². The molecular weight excluding hydrogens is 514 g/mol. The maximum atomic E-state index is 14.4. The van der Waals surface area contributed by atoms with E-state index < -0.39 is 47.7 Å². The summed E-state index contributed by atoms with van der Waals surface area (Å²) >= 11 is 0. The summed E-state index contributed by atoms with van der Waals surface area (Å²) in [5, 5.41) is 13.2. The van der Waals surface area contributed by atoms with Crippen LogP contribution in [-0.4, -0.2) is 94.2 Å². The van der Waals surface area contributed by atoms with Gasteiger partial charge in [-0.3, -0.25) is 19.2 Å². The molecule has 0 aromatic carbocycles. The van der Waals surface area contributed by atoms with Gasteiger partial charge in [0.05, 0.1) is 31.2 Å². The standard InChI is InChI=1S/C30H45N3O7/c1-6-10-19(4)32-14-9-13-30-25(27(36)33(26(30)28(32)37)21(17-34)15-18(2)3)24-22(40-30)11-7-8-12-23(35)31-16-20(5)39-29(24)38/h7,9,11,13,18-22,24-26,34H,6,8,10,12,14-17H2,1-5H3,(H,31,35)/b11-7-/t19?,20-,21+,22-,24+,25+,26-,30+/m0/s1. The van der Waals surface area contributed by atoms with Crippen molar-refractivity contribution < 1.29 is 33.8 Å². The number of hydrogen-bond acceptors (Lipinski definition) is 7. The molecule has 0 aliphatic carbocycles. The number of aliphatic hydroxyl groups is 1. The molecule has 2 N–H and O–H groups in total. The highest BCUT2D eigenvalue weighted by Gasteiger charge is 2.72. The molecule has 3 amide bonds. The summed E-state index contributed by atoms with van der Waals surface area (Å²) < 4.78 is 12.4. The zero-order chi connectivity index (χ0) is 29.2. The minimum atomic E-state index is -1.39. The number of fused-ring (bicyclic) bond motifs is 2. The SMILES string of the molecule is CCCC(C)N1CC=C[C@@]23O[C@H]4/C=C\CCC(=O)NC[C@H](C)OC(=O)[C@H]4[C@@H]2C(=O)N([C@@H](CO)CC(C)C)[C@H]3C1=O. The summed E-state index contributed by atoms with van der Waals surface area (Å²) in [5.41, 5.74) is -1.39. The highest BCUT2D eigenvalue weighted by atomic mass is 16.6. The number of aliphatic hydroxyl groups excluding tert-OH is 1. The van der Waals surface area contributed by atoms with Crippen LogP contribution < -0.4 is 5.32 Å². The number of likely N-dealkylation sites (tertiary alicyclic amines) is 1. The van der Waals surface area contributed by atoms with Gasteiger partial charge in [0.1, 0.15) is 23.7 Å². The molecule has 0 bridgehead atoms. The molecule has 0 aromatic heterocycles. The van der Waals surface area contributed by atoms with Crippen LogP contribution in [0.1, 0.15) is 66.7 Å². The lowest BCUT2D eigenvalue weighted by Crippen LogP contribution is -2.59. The minimum Gasteiger partial charge on any atom is -0.460 e. The smallest absolute Gasteiger partial charge is 0.313 e. The van der Waals surface area contributed by atoms with Crippen LogP contribution in [0.2, 0.25) is 0 Å². The molecule has 4 heterocycles. The number of esters is 1. The zero-order valence-electron chi connectivity index (χ0n) is 24.4. The lowest BCUT2D eigenvalue weighted by Gasteiger charge is -2.40. The molecule has 0 radical (unpaired) electrons. The summed E-state index contributed by atoms with van der Waals surface area (Å²) in [6, 6.07) is -1.69. The van der Waals surface area contributed by atoms with Crippen LogP contribution in [0, 0.1) is 17.8 Å². The van der Waals surface area contributed by atoms with Gasteiger partial charge in [0.15, 0.2) is 0 Å². The van der Waals surface area contributed by atoms with Crippen LogP contribution in [0.15, 0.2) is 24.3 Å². The average Bonchev–Trinajstić information content (AvgIpc) is 3.28. The van der Waals surface area contributed by atoms with Crippen molar-refractivity contribution in [3.05, 3.63) is 24.3 Å². The largest absolute Gasteiger partial charge is 0.460 e. The second kappa shape index (κ2) is 12.4. The molecule has 4 rings (SSSR count). The Balaban J connectivity index is 1.83. The van der Waals surface area contributed by atoms with E-state index in [0.29, 0.717) is 19.4 Å². The lowest BCUT2D eigenvalue weighted by molar-refractivity contribution is -0.160. The second-order valence-corrected chi connectivity index (χ2v) is 12.1. The van der Waals surface area contributed by atoms with Crippen molar-refractivity contribution in [1.29, 1.82) is 0 Å². The van der Waals surface area contributed by atoms with Crippen LogP contribution in [0.25, 0.3) is 0 Å². The summed E-state index contributed by atoms with van der Waals surface area (Å²) in [7, 11) is 0. The van der Waals surface area contributed by atoms with Gasteiger partial charge >= 0.3 is 5.97 Å². The number of allylic oxidation sites excluding steroid dienone is 1. The second-order valence-electron chi connectivity index (χ2n) is 12.1. The predicted molar refractivity (Wildman–Crippen MR) is 148 cm³/mol. The van der Waals surface area contributed by atoms with Crippen LogP contribution in [-0.2, 0) is 28.7 Å². The summed E-state index contributed by atoms with van der Waals surface area (Å²) in [6.07, 6.45) is 8.70. The molecule has 4 aliphatic rings. The molecule has 2 fully saturated rings. The number of amides is 3. The summed E-state index contributed by atoms with van der Waals surface area (Å²) in [4.78, 5) is 58.0. The normalized spacial score (nSPS) is 35.1. The molecule has 10 nitrogen and oxygen atoms in total. The van der Waals surface area contributed by atoms with Crippen molar-refractivity contribution in [3.63, 3.8) is 0 Å². The third-order valence-electron chi connectivity index (χ3n) is 8.59. The number of carbonyl (C=O) groups is 4. The van der Waals surface area contributed by atoms with Crippen molar-refractivity contribution in [2.24, 2.45) is 17.8 Å². The first-order chi connectivity index (χ1) is 19.0. The number of cyclic esters (lactones) is 1. The first-order valence-corrected chi connectivity index (χ1v) is 14.8. The first-order valence-electron chi connectivity index (χ1n) is 14.8. The fourth-order valence-corrected chi connectivity index (χ4v) is 6.80. The van der Waals surface area contributed by atoms with E-state index in [2.05, 4.69) is 12.2 Å². The maximum absolute atomic E-state index is 14.4. The number of rotatable bonds is 7. The van der Waals surface area contributed by atoms with Crippen LogP contribution >= 0.6 is 0 Å². The van der Waals surface area contributed by atoms with E-state index >= 15 is 0 Å². The van der Waals surface area contributed by atoms with E-state index in [1.165, 1.54) is 4.90 Å². The number of carbonyl (C=O) groups excluding carboxylic acids is 4. The quantitative estimate of drug-likeness (QED) is 0.361. The van der Waals surface area contributed by atoms with Gasteiger partial charge in [0.2, 0.25) is 17.7 Å². The van der Waals surface area contributed by atoms with Crippen molar-refractivity contribution in [2.75, 3.05) is 19.7 Å². The van der Waals surface area contributed by atoms with E-state index in [0.717, 1.165) is 12.8 Å². The monoisotopic (exact) mass is 559 g/mol. The molecule has 4 aliphatic heterocycles. The Morgan fingerprint density at radius 1 is 1.15 bits per heavy atom. The Bertz CT molecular complexity index is 1040. The molecule has 8 atom stereocenters.